The topological polar surface area (TPSA) is 44.1 Å². The number of nitrogens with zero attached hydrogens (tertiary/aromatic N) is 2. The molecule has 28 heavy (non-hydrogen) atoms. The molecule has 6 heteroatoms. The highest BCUT2D eigenvalue weighted by Gasteiger charge is 2.24. The minimum Gasteiger partial charge on any atom is -0.495 e. The van der Waals surface area contributed by atoms with Gasteiger partial charge in [-0.25, -0.2) is 4.98 Å². The Morgan fingerprint density at radius 1 is 1.21 bits per heavy atom. The smallest absolute Gasteiger partial charge is 0.267 e. The van der Waals surface area contributed by atoms with Gasteiger partial charge in [-0.15, -0.1) is 11.3 Å². The zero-order valence-corrected chi connectivity index (χ0v) is 18.1. The second kappa shape index (κ2) is 8.70. The number of methoxy groups -OCH3 is 1. The molecule has 3 aromatic rings. The molecular weight excluding hydrogens is 388 g/mol. The average Bonchev–Trinajstić information content (AvgIpc) is 3.29. The van der Waals surface area contributed by atoms with Crippen LogP contribution in [0.1, 0.15) is 49.5 Å². The monoisotopic (exact) mass is 414 g/mol. The van der Waals surface area contributed by atoms with Crippen molar-refractivity contribution < 1.29 is 4.74 Å². The van der Waals surface area contributed by atoms with Gasteiger partial charge in [-0.3, -0.25) is 9.36 Å². The van der Waals surface area contributed by atoms with Crippen LogP contribution in [0, 0.1) is 0 Å². The molecule has 0 aliphatic heterocycles. The van der Waals surface area contributed by atoms with Crippen LogP contribution < -0.4 is 10.3 Å². The second-order valence-electron chi connectivity index (χ2n) is 7.15. The number of fused-ring (bicyclic) bond motifs is 3. The van der Waals surface area contributed by atoms with Gasteiger partial charge in [0.25, 0.3) is 5.56 Å². The normalized spacial score (nSPS) is 13.2. The van der Waals surface area contributed by atoms with Crippen LogP contribution in [-0.4, -0.2) is 22.4 Å². The number of thiophene rings is 1. The van der Waals surface area contributed by atoms with Gasteiger partial charge >= 0.3 is 0 Å². The van der Waals surface area contributed by atoms with Crippen molar-refractivity contribution in [2.75, 3.05) is 12.9 Å². The van der Waals surface area contributed by atoms with Crippen LogP contribution >= 0.6 is 23.1 Å². The van der Waals surface area contributed by atoms with Crippen molar-refractivity contribution in [2.24, 2.45) is 0 Å². The molecule has 1 aromatic carbocycles. The maximum Gasteiger partial charge on any atom is 0.267 e. The van der Waals surface area contributed by atoms with Crippen molar-refractivity contribution in [2.45, 2.75) is 57.0 Å². The zero-order valence-electron chi connectivity index (χ0n) is 16.5. The Labute approximate surface area is 174 Å². The van der Waals surface area contributed by atoms with E-state index in [-0.39, 0.29) is 5.56 Å². The van der Waals surface area contributed by atoms with Gasteiger partial charge in [-0.1, -0.05) is 50.1 Å². The molecule has 2 heterocycles. The van der Waals surface area contributed by atoms with Gasteiger partial charge < -0.3 is 4.74 Å². The summed E-state index contributed by atoms with van der Waals surface area (Å²) in [5, 5.41) is 1.59. The summed E-state index contributed by atoms with van der Waals surface area (Å²) < 4.78 is 7.33. The van der Waals surface area contributed by atoms with Crippen LogP contribution in [0.2, 0.25) is 0 Å². The summed E-state index contributed by atoms with van der Waals surface area (Å²) in [6, 6.07) is 7.72. The molecule has 1 aliphatic rings. The summed E-state index contributed by atoms with van der Waals surface area (Å²) in [4.78, 5) is 20.8. The standard InChI is InChI=1S/C22H26N2O2S2/c1-3-4-5-8-14-27-22-23-20-19(15-10-9-13-18(15)28-20)21(25)24(22)16-11-6-7-12-17(16)26-2/h6-7,11-12H,3-5,8-10,13-14H2,1-2H3. The first kappa shape index (κ1) is 19.5. The fourth-order valence-corrected chi connectivity index (χ4v) is 6.15. The summed E-state index contributed by atoms with van der Waals surface area (Å²) in [7, 11) is 1.65. The third kappa shape index (κ3) is 3.60. The zero-order chi connectivity index (χ0) is 19.5. The minimum atomic E-state index is 0.0463. The number of ether oxygens (including phenoxy) is 1. The van der Waals surface area contributed by atoms with E-state index in [0.717, 1.165) is 52.5 Å². The van der Waals surface area contributed by atoms with E-state index in [4.69, 9.17) is 9.72 Å². The fourth-order valence-electron chi connectivity index (χ4n) is 3.84. The molecule has 148 valence electrons. The Hall–Kier alpha value is -1.79. The number of aryl methyl sites for hydroxylation is 2. The first-order valence-electron chi connectivity index (χ1n) is 10.1. The number of thioether (sulfide) groups is 1. The number of hydrogen-bond donors (Lipinski definition) is 0. The largest absolute Gasteiger partial charge is 0.495 e. The van der Waals surface area contributed by atoms with Crippen LogP contribution in [0.25, 0.3) is 15.9 Å². The Bertz CT molecular complexity index is 1040. The number of rotatable bonds is 8. The fraction of sp³-hybridized carbons (Fsp3) is 0.455. The highest BCUT2D eigenvalue weighted by atomic mass is 32.2. The van der Waals surface area contributed by atoms with Crippen molar-refractivity contribution in [1.82, 2.24) is 9.55 Å². The molecule has 4 rings (SSSR count). The molecule has 4 nitrogen and oxygen atoms in total. The molecule has 0 radical (unpaired) electrons. The van der Waals surface area contributed by atoms with Crippen LogP contribution in [0.3, 0.4) is 0 Å². The molecule has 0 N–H and O–H groups in total. The lowest BCUT2D eigenvalue weighted by atomic mass is 10.2. The summed E-state index contributed by atoms with van der Waals surface area (Å²) in [6.07, 6.45) is 8.04. The molecule has 0 spiro atoms. The Kier molecular flexibility index (Phi) is 6.07. The van der Waals surface area contributed by atoms with Gasteiger partial charge in [0.1, 0.15) is 10.6 Å². The van der Waals surface area contributed by atoms with Gasteiger partial charge in [0.2, 0.25) is 0 Å². The van der Waals surface area contributed by atoms with E-state index in [1.165, 1.54) is 29.7 Å². The van der Waals surface area contributed by atoms with Crippen LogP contribution in [0.5, 0.6) is 5.75 Å². The Morgan fingerprint density at radius 3 is 2.89 bits per heavy atom. The van der Waals surface area contributed by atoms with E-state index in [2.05, 4.69) is 6.92 Å². The molecule has 0 amide bonds. The summed E-state index contributed by atoms with van der Waals surface area (Å²) in [5.41, 5.74) is 2.05. The lowest BCUT2D eigenvalue weighted by Crippen LogP contribution is -2.22. The first-order chi connectivity index (χ1) is 13.7. The molecule has 0 unspecified atom stereocenters. The maximum absolute atomic E-state index is 13.6. The predicted molar refractivity (Wildman–Crippen MR) is 119 cm³/mol. The van der Waals surface area contributed by atoms with Crippen molar-refractivity contribution >= 4 is 33.3 Å². The van der Waals surface area contributed by atoms with E-state index in [9.17, 15) is 4.79 Å². The van der Waals surface area contributed by atoms with E-state index in [1.54, 1.807) is 34.8 Å². The molecule has 0 atom stereocenters. The van der Waals surface area contributed by atoms with E-state index >= 15 is 0 Å². The van der Waals surface area contributed by atoms with E-state index < -0.39 is 0 Å². The van der Waals surface area contributed by atoms with Crippen molar-refractivity contribution in [1.29, 1.82) is 0 Å². The van der Waals surface area contributed by atoms with Crippen molar-refractivity contribution in [3.63, 3.8) is 0 Å². The second-order valence-corrected chi connectivity index (χ2v) is 9.30. The van der Waals surface area contributed by atoms with Gasteiger partial charge in [0, 0.05) is 10.6 Å². The third-order valence-electron chi connectivity index (χ3n) is 5.26. The van der Waals surface area contributed by atoms with Gasteiger partial charge in [-0.05, 0) is 43.4 Å². The molecule has 0 bridgehead atoms. The Balaban J connectivity index is 1.83. The minimum absolute atomic E-state index is 0.0463. The van der Waals surface area contributed by atoms with Gasteiger partial charge in [0.15, 0.2) is 5.16 Å². The van der Waals surface area contributed by atoms with Crippen LogP contribution in [0.15, 0.2) is 34.2 Å². The number of unbranched alkanes of at least 4 members (excludes halogenated alkanes) is 3. The van der Waals surface area contributed by atoms with Crippen molar-refractivity contribution in [3.8, 4) is 11.4 Å². The molecule has 1 aliphatic carbocycles. The molecule has 0 saturated heterocycles. The van der Waals surface area contributed by atoms with Crippen LogP contribution in [0.4, 0.5) is 0 Å². The van der Waals surface area contributed by atoms with E-state index in [1.807, 2.05) is 24.3 Å². The average molecular weight is 415 g/mol. The maximum atomic E-state index is 13.6. The number of aromatic nitrogens is 2. The van der Waals surface area contributed by atoms with E-state index in [0.29, 0.717) is 5.75 Å². The van der Waals surface area contributed by atoms with Crippen LogP contribution in [-0.2, 0) is 12.8 Å². The van der Waals surface area contributed by atoms with Gasteiger partial charge in [0.05, 0.1) is 18.2 Å². The molecular formula is C22H26N2O2S2. The van der Waals surface area contributed by atoms with Gasteiger partial charge in [-0.2, -0.15) is 0 Å². The lowest BCUT2D eigenvalue weighted by Gasteiger charge is -2.15. The quantitative estimate of drug-likeness (QED) is 0.273. The molecule has 2 aromatic heterocycles. The summed E-state index contributed by atoms with van der Waals surface area (Å²) in [6.45, 7) is 2.22. The Morgan fingerprint density at radius 2 is 2.07 bits per heavy atom. The summed E-state index contributed by atoms with van der Waals surface area (Å²) >= 11 is 3.39. The number of hydrogen-bond acceptors (Lipinski definition) is 5. The third-order valence-corrected chi connectivity index (χ3v) is 7.47. The van der Waals surface area contributed by atoms with Crippen molar-refractivity contribution in [3.05, 3.63) is 45.1 Å². The molecule has 0 fully saturated rings. The number of benzene rings is 1. The summed E-state index contributed by atoms with van der Waals surface area (Å²) in [5.74, 6) is 1.67. The molecule has 0 saturated carbocycles. The number of para-hydroxylation sites is 2. The lowest BCUT2D eigenvalue weighted by molar-refractivity contribution is 0.411. The predicted octanol–water partition coefficient (Wildman–Crippen LogP) is 5.62. The first-order valence-corrected chi connectivity index (χ1v) is 11.9. The highest BCUT2D eigenvalue weighted by molar-refractivity contribution is 7.99. The SMILES string of the molecule is CCCCCCSc1nc2sc3c(c2c(=O)n1-c1ccccc1OC)CCC3. The highest BCUT2D eigenvalue weighted by Crippen LogP contribution is 2.36.